The molecule has 0 aliphatic carbocycles. The summed E-state index contributed by atoms with van der Waals surface area (Å²) in [6.07, 6.45) is 1.51. The number of amides is 3. The summed E-state index contributed by atoms with van der Waals surface area (Å²) in [5.74, 6) is -2.19. The fourth-order valence-corrected chi connectivity index (χ4v) is 7.22. The quantitative estimate of drug-likeness (QED) is 0.379. The van der Waals surface area contributed by atoms with E-state index < -0.39 is 41.0 Å². The number of hydrogen-bond donors (Lipinski definition) is 3. The first-order valence-corrected chi connectivity index (χ1v) is 14.7. The lowest BCUT2D eigenvalue weighted by Gasteiger charge is -2.38. The number of nitrogens with zero attached hydrogens (tertiary/aromatic N) is 1. The second-order valence-corrected chi connectivity index (χ2v) is 12.0. The first-order chi connectivity index (χ1) is 19.6. The van der Waals surface area contributed by atoms with Gasteiger partial charge in [-0.25, -0.2) is 0 Å². The lowest BCUT2D eigenvalue weighted by atomic mass is 9.65. The molecule has 3 fully saturated rings. The average molecular weight is 584 g/mol. The van der Waals surface area contributed by atoms with Crippen LogP contribution in [0, 0.1) is 17.8 Å². The van der Waals surface area contributed by atoms with Gasteiger partial charge in [0.2, 0.25) is 17.7 Å². The molecule has 2 bridgehead atoms. The smallest absolute Gasteiger partial charge is 0.250 e. The minimum absolute atomic E-state index is 0.140. The Hall–Kier alpha value is -3.14. The second-order valence-electron chi connectivity index (χ2n) is 11.5. The number of aliphatic hydroxyl groups excluding tert-OH is 1. The summed E-state index contributed by atoms with van der Waals surface area (Å²) in [5.41, 5.74) is -0.976. The molecule has 6 atom stereocenters. The number of rotatable bonds is 10. The third kappa shape index (κ3) is 4.87. The molecule has 220 valence electrons. The minimum atomic E-state index is -1.20. The number of hydrogen-bond acceptors (Lipinski definition) is 6. The number of ether oxygens (including phenoxy) is 2. The van der Waals surface area contributed by atoms with Gasteiger partial charge in [0.05, 0.1) is 36.7 Å². The van der Waals surface area contributed by atoms with Crippen LogP contribution in [0.15, 0.2) is 48.5 Å². The van der Waals surface area contributed by atoms with Crippen LogP contribution in [-0.4, -0.2) is 64.2 Å². The van der Waals surface area contributed by atoms with Crippen molar-refractivity contribution >= 4 is 40.7 Å². The third-order valence-electron chi connectivity index (χ3n) is 9.01. The van der Waals surface area contributed by atoms with Crippen LogP contribution in [0.1, 0.15) is 47.0 Å². The minimum Gasteiger partial charge on any atom is -0.494 e. The van der Waals surface area contributed by atoms with Gasteiger partial charge in [-0.2, -0.15) is 0 Å². The molecule has 2 aromatic carbocycles. The molecule has 3 amide bonds. The molecule has 2 aromatic rings. The lowest BCUT2D eigenvalue weighted by molar-refractivity contribution is -0.149. The van der Waals surface area contributed by atoms with Crippen molar-refractivity contribution in [3.63, 3.8) is 0 Å². The monoisotopic (exact) mass is 583 g/mol. The van der Waals surface area contributed by atoms with E-state index in [2.05, 4.69) is 10.6 Å². The summed E-state index contributed by atoms with van der Waals surface area (Å²) in [5, 5.41) is 16.8. The zero-order valence-corrected chi connectivity index (χ0v) is 24.6. The normalized spacial score (nSPS) is 29.0. The number of likely N-dealkylation sites (tertiary alicyclic amines) is 1. The van der Waals surface area contributed by atoms with Gasteiger partial charge in [-0.05, 0) is 80.6 Å². The molecule has 3 aliphatic rings. The molecule has 41 heavy (non-hydrogen) atoms. The number of fused-ring (bicyclic) bond motifs is 1. The number of benzene rings is 2. The molecular formula is C31H38ClN3O6. The predicted molar refractivity (Wildman–Crippen MR) is 156 cm³/mol. The van der Waals surface area contributed by atoms with Crippen LogP contribution in [0.2, 0.25) is 5.02 Å². The van der Waals surface area contributed by atoms with E-state index in [4.69, 9.17) is 21.1 Å². The maximum absolute atomic E-state index is 14.4. The van der Waals surface area contributed by atoms with Gasteiger partial charge >= 0.3 is 0 Å². The van der Waals surface area contributed by atoms with Crippen molar-refractivity contribution in [2.24, 2.45) is 17.8 Å². The molecule has 0 aromatic heterocycles. The van der Waals surface area contributed by atoms with E-state index in [1.54, 1.807) is 48.5 Å². The summed E-state index contributed by atoms with van der Waals surface area (Å²) in [6.45, 7) is 7.86. The van der Waals surface area contributed by atoms with Crippen LogP contribution in [0.4, 0.5) is 11.4 Å². The zero-order chi connectivity index (χ0) is 29.5. The Morgan fingerprint density at radius 3 is 2.22 bits per heavy atom. The summed E-state index contributed by atoms with van der Waals surface area (Å²) < 4.78 is 12.3. The molecule has 0 radical (unpaired) electrons. The number of aliphatic hydroxyl groups is 1. The molecule has 5 rings (SSSR count). The number of carbonyl (C=O) groups excluding carboxylic acids is 3. The van der Waals surface area contributed by atoms with Gasteiger partial charge in [0.1, 0.15) is 17.4 Å². The Morgan fingerprint density at radius 1 is 1.05 bits per heavy atom. The van der Waals surface area contributed by atoms with Gasteiger partial charge in [-0.3, -0.25) is 14.4 Å². The van der Waals surface area contributed by atoms with Crippen molar-refractivity contribution in [3.05, 3.63) is 53.6 Å². The van der Waals surface area contributed by atoms with Crippen molar-refractivity contribution in [1.82, 2.24) is 4.90 Å². The van der Waals surface area contributed by atoms with Crippen LogP contribution in [-0.2, 0) is 19.1 Å². The topological polar surface area (TPSA) is 117 Å². The Kier molecular flexibility index (Phi) is 8.07. The summed E-state index contributed by atoms with van der Waals surface area (Å²) in [6, 6.07) is 12.2. The van der Waals surface area contributed by atoms with E-state index in [9.17, 15) is 19.5 Å². The SMILES string of the molecule is CCOc1ccc(NC(=O)[C@H]2[C@H]3C(=O)N([C@@H](CO)C(C)C)C(C(=O)Nc4ccc(Cl)cc4)C34CC[C@]2(CC)O4)cc1. The lowest BCUT2D eigenvalue weighted by Crippen LogP contribution is -2.57. The highest BCUT2D eigenvalue weighted by Crippen LogP contribution is 2.64. The van der Waals surface area contributed by atoms with Gasteiger partial charge in [0.15, 0.2) is 0 Å². The molecule has 3 heterocycles. The molecule has 1 spiro atoms. The Bertz CT molecular complexity index is 1300. The fraction of sp³-hybridized carbons (Fsp3) is 0.516. The Labute approximate surface area is 245 Å². The molecule has 9 nitrogen and oxygen atoms in total. The van der Waals surface area contributed by atoms with Crippen molar-refractivity contribution in [3.8, 4) is 5.75 Å². The average Bonchev–Trinajstić information content (AvgIpc) is 3.55. The largest absolute Gasteiger partial charge is 0.494 e. The van der Waals surface area contributed by atoms with Crippen LogP contribution < -0.4 is 15.4 Å². The van der Waals surface area contributed by atoms with Gasteiger partial charge in [-0.15, -0.1) is 0 Å². The third-order valence-corrected chi connectivity index (χ3v) is 9.26. The summed E-state index contributed by atoms with van der Waals surface area (Å²) in [7, 11) is 0. The first-order valence-electron chi connectivity index (χ1n) is 14.3. The van der Waals surface area contributed by atoms with Crippen LogP contribution >= 0.6 is 11.6 Å². The van der Waals surface area contributed by atoms with E-state index in [0.29, 0.717) is 48.0 Å². The van der Waals surface area contributed by atoms with Crippen molar-refractivity contribution in [1.29, 1.82) is 0 Å². The summed E-state index contributed by atoms with van der Waals surface area (Å²) >= 11 is 6.04. The highest BCUT2D eigenvalue weighted by Gasteiger charge is 2.79. The molecule has 3 aliphatic heterocycles. The van der Waals surface area contributed by atoms with E-state index >= 15 is 0 Å². The maximum atomic E-state index is 14.4. The molecule has 3 saturated heterocycles. The highest BCUT2D eigenvalue weighted by molar-refractivity contribution is 6.30. The highest BCUT2D eigenvalue weighted by atomic mass is 35.5. The standard InChI is InChI=1S/C31H38ClN3O6/c1-5-30-15-16-31(41-30)25(24(30)27(37)33-21-11-13-22(14-12-21)40-6-2)29(39)35(23(17-36)18(3)4)26(31)28(38)34-20-9-7-19(32)8-10-20/h7-14,18,23-26,36H,5-6,15-17H2,1-4H3,(H,33,37)(H,34,38)/t23-,24+,25-,26?,30-,31?/m0/s1. The van der Waals surface area contributed by atoms with Crippen LogP contribution in [0.3, 0.4) is 0 Å². The Morgan fingerprint density at radius 2 is 1.66 bits per heavy atom. The molecular weight excluding hydrogens is 546 g/mol. The van der Waals surface area contributed by atoms with Crippen molar-refractivity contribution < 1.29 is 29.0 Å². The van der Waals surface area contributed by atoms with Crippen LogP contribution in [0.25, 0.3) is 0 Å². The van der Waals surface area contributed by atoms with E-state index in [0.717, 1.165) is 0 Å². The van der Waals surface area contributed by atoms with E-state index in [1.807, 2.05) is 27.7 Å². The number of nitrogens with one attached hydrogen (secondary N) is 2. The van der Waals surface area contributed by atoms with Gasteiger partial charge in [-0.1, -0.05) is 32.4 Å². The van der Waals surface area contributed by atoms with Crippen LogP contribution in [0.5, 0.6) is 5.75 Å². The van der Waals surface area contributed by atoms with Gasteiger partial charge in [0.25, 0.3) is 0 Å². The summed E-state index contributed by atoms with van der Waals surface area (Å²) in [4.78, 5) is 43.9. The number of carbonyl (C=O) groups is 3. The first kappa shape index (κ1) is 29.4. The van der Waals surface area contributed by atoms with Gasteiger partial charge in [0, 0.05) is 16.4 Å². The molecule has 2 unspecified atom stereocenters. The zero-order valence-electron chi connectivity index (χ0n) is 23.9. The Balaban J connectivity index is 1.52. The van der Waals surface area contributed by atoms with Crippen molar-refractivity contribution in [2.75, 3.05) is 23.8 Å². The molecule has 3 N–H and O–H groups in total. The maximum Gasteiger partial charge on any atom is 0.250 e. The molecule has 0 saturated carbocycles. The second kappa shape index (κ2) is 11.3. The van der Waals surface area contributed by atoms with E-state index in [-0.39, 0.29) is 24.3 Å². The number of halogens is 1. The van der Waals surface area contributed by atoms with Crippen molar-refractivity contribution in [2.45, 2.75) is 70.2 Å². The fourth-order valence-electron chi connectivity index (χ4n) is 7.10. The molecule has 10 heteroatoms. The van der Waals surface area contributed by atoms with Gasteiger partial charge < -0.3 is 30.1 Å². The predicted octanol–water partition coefficient (Wildman–Crippen LogP) is 4.49. The van der Waals surface area contributed by atoms with E-state index in [1.165, 1.54) is 4.90 Å². The number of anilines is 2.